The molecule has 7 nitrogen and oxygen atoms in total. The van der Waals surface area contributed by atoms with E-state index in [1.54, 1.807) is 0 Å². The number of carbonyl (C=O) groups is 1. The molecule has 0 aliphatic carbocycles. The summed E-state index contributed by atoms with van der Waals surface area (Å²) in [5.74, 6) is -0.605. The molecule has 2 saturated heterocycles. The van der Waals surface area contributed by atoms with E-state index in [9.17, 15) is 13.2 Å². The van der Waals surface area contributed by atoms with Crippen molar-refractivity contribution in [3.8, 4) is 0 Å². The molecule has 0 saturated carbocycles. The molecule has 2 aliphatic heterocycles. The highest BCUT2D eigenvalue weighted by Gasteiger charge is 2.33. The lowest BCUT2D eigenvalue weighted by atomic mass is 10.2. The summed E-state index contributed by atoms with van der Waals surface area (Å²) in [4.78, 5) is 11.8. The average Bonchev–Trinajstić information content (AvgIpc) is 2.65. The van der Waals surface area contributed by atoms with Gasteiger partial charge < -0.3 is 20.1 Å². The Kier molecular flexibility index (Phi) is 4.68. The van der Waals surface area contributed by atoms with E-state index in [1.807, 2.05) is 13.8 Å². The Hall–Kier alpha value is -0.700. The maximum atomic E-state index is 11.8. The van der Waals surface area contributed by atoms with Crippen molar-refractivity contribution in [3.05, 3.63) is 0 Å². The molecule has 0 bridgehead atoms. The lowest BCUT2D eigenvalue weighted by Crippen LogP contribution is -2.47. The number of hydrogen-bond donors (Lipinski definition) is 2. The van der Waals surface area contributed by atoms with Gasteiger partial charge in [-0.25, -0.2) is 8.42 Å². The lowest BCUT2D eigenvalue weighted by Gasteiger charge is -2.23. The van der Waals surface area contributed by atoms with Crippen LogP contribution in [0.4, 0.5) is 0 Å². The molecule has 2 aliphatic rings. The fourth-order valence-electron chi connectivity index (χ4n) is 2.39. The third kappa shape index (κ3) is 4.69. The number of amides is 1. The van der Waals surface area contributed by atoms with Gasteiger partial charge in [0.05, 0.1) is 18.1 Å². The Balaban J connectivity index is 1.71. The highest BCUT2D eigenvalue weighted by Crippen LogP contribution is 2.21. The highest BCUT2D eigenvalue weighted by atomic mass is 32.2. The minimum absolute atomic E-state index is 0.0243. The number of hydrogen-bond acceptors (Lipinski definition) is 6. The van der Waals surface area contributed by atoms with Gasteiger partial charge in [-0.2, -0.15) is 0 Å². The van der Waals surface area contributed by atoms with E-state index < -0.39 is 15.6 Å². The minimum atomic E-state index is -3.01. The van der Waals surface area contributed by atoms with Crippen LogP contribution in [0.25, 0.3) is 0 Å². The molecule has 0 aromatic rings. The Morgan fingerprint density at radius 2 is 2.20 bits per heavy atom. The number of ether oxygens (including phenoxy) is 2. The maximum absolute atomic E-state index is 11.8. The number of nitrogens with one attached hydrogen (secondary N) is 2. The van der Waals surface area contributed by atoms with E-state index in [-0.39, 0.29) is 36.0 Å². The van der Waals surface area contributed by atoms with Crippen LogP contribution in [0.5, 0.6) is 0 Å². The highest BCUT2D eigenvalue weighted by molar-refractivity contribution is 7.91. The third-order valence-corrected chi connectivity index (χ3v) is 5.06. The van der Waals surface area contributed by atoms with Crippen LogP contribution in [-0.4, -0.2) is 63.5 Å². The molecule has 2 heterocycles. The topological polar surface area (TPSA) is 93.7 Å². The summed E-state index contributed by atoms with van der Waals surface area (Å²) in [5, 5.41) is 5.81. The Morgan fingerprint density at radius 1 is 1.45 bits per heavy atom. The fraction of sp³-hybridized carbons (Fsp3) is 0.917. The van der Waals surface area contributed by atoms with Gasteiger partial charge in [0.1, 0.15) is 6.10 Å². The SMILES string of the molecule is CC1(C)OCC(CNC(=O)CC2CS(=O)(=O)CCN2)O1. The van der Waals surface area contributed by atoms with Gasteiger partial charge >= 0.3 is 0 Å². The molecule has 1 amide bonds. The molecular formula is C12H22N2O5S. The molecule has 2 fully saturated rings. The van der Waals surface area contributed by atoms with Crippen molar-refractivity contribution < 1.29 is 22.7 Å². The van der Waals surface area contributed by atoms with Gasteiger partial charge in [-0.1, -0.05) is 0 Å². The van der Waals surface area contributed by atoms with Crippen LogP contribution in [0, 0.1) is 0 Å². The van der Waals surface area contributed by atoms with Crippen molar-refractivity contribution in [1.29, 1.82) is 0 Å². The third-order valence-electron chi connectivity index (χ3n) is 3.33. The van der Waals surface area contributed by atoms with Crippen molar-refractivity contribution in [2.75, 3.05) is 31.2 Å². The molecule has 0 radical (unpaired) electrons. The molecule has 0 aromatic heterocycles. The van der Waals surface area contributed by atoms with E-state index >= 15 is 0 Å². The Morgan fingerprint density at radius 3 is 2.80 bits per heavy atom. The second-order valence-electron chi connectivity index (χ2n) is 5.72. The van der Waals surface area contributed by atoms with Crippen LogP contribution in [-0.2, 0) is 24.1 Å². The Bertz CT molecular complexity index is 462. The quantitative estimate of drug-likeness (QED) is 0.694. The van der Waals surface area contributed by atoms with Crippen LogP contribution in [0.15, 0.2) is 0 Å². The molecule has 116 valence electrons. The van der Waals surface area contributed by atoms with E-state index in [2.05, 4.69) is 10.6 Å². The first kappa shape index (κ1) is 15.7. The van der Waals surface area contributed by atoms with Crippen LogP contribution >= 0.6 is 0 Å². The van der Waals surface area contributed by atoms with Crippen LogP contribution < -0.4 is 10.6 Å². The van der Waals surface area contributed by atoms with Gasteiger partial charge in [0.2, 0.25) is 5.91 Å². The first-order chi connectivity index (χ1) is 9.26. The number of carbonyl (C=O) groups excluding carboxylic acids is 1. The van der Waals surface area contributed by atoms with Gasteiger partial charge in [0.15, 0.2) is 15.6 Å². The smallest absolute Gasteiger partial charge is 0.221 e. The van der Waals surface area contributed by atoms with Gasteiger partial charge in [-0.15, -0.1) is 0 Å². The largest absolute Gasteiger partial charge is 0.353 e. The van der Waals surface area contributed by atoms with Gasteiger partial charge in [0.25, 0.3) is 0 Å². The molecule has 20 heavy (non-hydrogen) atoms. The van der Waals surface area contributed by atoms with Gasteiger partial charge in [0, 0.05) is 25.6 Å². The molecule has 0 aromatic carbocycles. The predicted octanol–water partition coefficient (Wildman–Crippen LogP) is -0.969. The fourth-order valence-corrected chi connectivity index (χ4v) is 3.83. The van der Waals surface area contributed by atoms with E-state index in [4.69, 9.17) is 9.47 Å². The summed E-state index contributed by atoms with van der Waals surface area (Å²) in [6.45, 7) is 4.89. The first-order valence-electron chi connectivity index (χ1n) is 6.78. The van der Waals surface area contributed by atoms with E-state index in [0.29, 0.717) is 19.7 Å². The second-order valence-corrected chi connectivity index (χ2v) is 7.95. The van der Waals surface area contributed by atoms with Crippen LogP contribution in [0.3, 0.4) is 0 Å². The number of sulfone groups is 1. The average molecular weight is 306 g/mol. The lowest BCUT2D eigenvalue weighted by molar-refractivity contribution is -0.139. The summed E-state index contributed by atoms with van der Waals surface area (Å²) < 4.78 is 33.9. The molecule has 2 atom stereocenters. The minimum Gasteiger partial charge on any atom is -0.353 e. The summed E-state index contributed by atoms with van der Waals surface area (Å²) in [6, 6.07) is -0.300. The van der Waals surface area contributed by atoms with Crippen molar-refractivity contribution >= 4 is 15.7 Å². The molecule has 2 N–H and O–H groups in total. The molecular weight excluding hydrogens is 284 g/mol. The van der Waals surface area contributed by atoms with Crippen LogP contribution in [0.2, 0.25) is 0 Å². The monoisotopic (exact) mass is 306 g/mol. The maximum Gasteiger partial charge on any atom is 0.221 e. The zero-order valence-corrected chi connectivity index (χ0v) is 12.7. The zero-order chi connectivity index (χ0) is 14.8. The van der Waals surface area contributed by atoms with Crippen molar-refractivity contribution in [3.63, 3.8) is 0 Å². The molecule has 8 heteroatoms. The number of rotatable bonds is 4. The van der Waals surface area contributed by atoms with Gasteiger partial charge in [-0.3, -0.25) is 4.79 Å². The van der Waals surface area contributed by atoms with Crippen LogP contribution in [0.1, 0.15) is 20.3 Å². The standard InChI is InChI=1S/C12H22N2O5S/c1-12(2)18-7-10(19-12)6-14-11(15)5-9-8-20(16,17)4-3-13-9/h9-10,13H,3-8H2,1-2H3,(H,14,15). The summed E-state index contributed by atoms with van der Waals surface area (Å²) in [7, 11) is -3.01. The van der Waals surface area contributed by atoms with E-state index in [1.165, 1.54) is 0 Å². The summed E-state index contributed by atoms with van der Waals surface area (Å²) in [5.41, 5.74) is 0. The first-order valence-corrected chi connectivity index (χ1v) is 8.60. The molecule has 2 rings (SSSR count). The van der Waals surface area contributed by atoms with Crippen molar-refractivity contribution in [2.24, 2.45) is 0 Å². The van der Waals surface area contributed by atoms with E-state index in [0.717, 1.165) is 0 Å². The zero-order valence-electron chi connectivity index (χ0n) is 11.8. The van der Waals surface area contributed by atoms with Crippen molar-refractivity contribution in [1.82, 2.24) is 10.6 Å². The summed E-state index contributed by atoms with van der Waals surface area (Å²) >= 11 is 0. The molecule has 2 unspecified atom stereocenters. The predicted molar refractivity (Wildman–Crippen MR) is 73.0 cm³/mol. The summed E-state index contributed by atoms with van der Waals surface area (Å²) in [6.07, 6.45) is 0.00734. The van der Waals surface area contributed by atoms with Crippen molar-refractivity contribution in [2.45, 2.75) is 38.2 Å². The Labute approximate surface area is 119 Å². The van der Waals surface area contributed by atoms with Gasteiger partial charge in [-0.05, 0) is 13.8 Å². The normalized spacial score (nSPS) is 31.9. The molecule has 0 spiro atoms. The second kappa shape index (κ2) is 5.97.